The van der Waals surface area contributed by atoms with E-state index in [-0.39, 0.29) is 25.0 Å². The topological polar surface area (TPSA) is 62.6 Å². The van der Waals surface area contributed by atoms with Gasteiger partial charge in [-0.3, -0.25) is 4.79 Å². The van der Waals surface area contributed by atoms with Gasteiger partial charge in [0.2, 0.25) is 0 Å². The predicted molar refractivity (Wildman–Crippen MR) is 106 cm³/mol. The summed E-state index contributed by atoms with van der Waals surface area (Å²) in [4.78, 5) is 16.9. The number of ketones is 1. The van der Waals surface area contributed by atoms with Crippen LogP contribution in [0.25, 0.3) is 6.08 Å². The molecule has 0 N–H and O–H groups in total. The van der Waals surface area contributed by atoms with Crippen LogP contribution in [0.5, 0.6) is 11.5 Å². The van der Waals surface area contributed by atoms with Gasteiger partial charge >= 0.3 is 0 Å². The first-order valence-corrected chi connectivity index (χ1v) is 8.89. The molecule has 0 saturated heterocycles. The van der Waals surface area contributed by atoms with Crippen LogP contribution in [0.4, 0.5) is 4.39 Å². The Morgan fingerprint density at radius 3 is 2.66 bits per heavy atom. The molecule has 3 aromatic rings. The van der Waals surface area contributed by atoms with Crippen LogP contribution in [0.15, 0.2) is 60.9 Å². The summed E-state index contributed by atoms with van der Waals surface area (Å²) in [5.41, 5.74) is 1.15. The normalized spacial score (nSPS) is 11.0. The van der Waals surface area contributed by atoms with Crippen molar-refractivity contribution in [3.63, 3.8) is 0 Å². The van der Waals surface area contributed by atoms with Gasteiger partial charge in [-0.05, 0) is 48.0 Å². The Balaban J connectivity index is 1.79. The third-order valence-corrected chi connectivity index (χ3v) is 4.11. The van der Waals surface area contributed by atoms with Gasteiger partial charge in [0.25, 0.3) is 0 Å². The summed E-state index contributed by atoms with van der Waals surface area (Å²) in [6.45, 7) is 0.258. The second-order valence-electron chi connectivity index (χ2n) is 6.22. The fourth-order valence-corrected chi connectivity index (χ4v) is 2.56. The van der Waals surface area contributed by atoms with E-state index in [1.807, 2.05) is 7.05 Å². The number of rotatable bonds is 9. The summed E-state index contributed by atoms with van der Waals surface area (Å²) >= 11 is 0. The Labute approximate surface area is 168 Å². The van der Waals surface area contributed by atoms with Gasteiger partial charge < -0.3 is 18.8 Å². The Bertz CT molecular complexity index is 996. The monoisotopic (exact) mass is 396 g/mol. The standard InChI is InChI=1S/C22H21FN2O4/c1-25-12-11-24-22(25)10-8-20(26)19-13-18(7-9-21(19)29-15-27-2)28-14-16-3-5-17(23)6-4-16/h3-13H,14-15H2,1-2H3. The van der Waals surface area contributed by atoms with Crippen molar-refractivity contribution in [3.05, 3.63) is 83.7 Å². The third-order valence-electron chi connectivity index (χ3n) is 4.11. The number of benzene rings is 2. The van der Waals surface area contributed by atoms with E-state index in [2.05, 4.69) is 4.98 Å². The van der Waals surface area contributed by atoms with E-state index in [1.165, 1.54) is 25.3 Å². The first kappa shape index (κ1) is 20.3. The summed E-state index contributed by atoms with van der Waals surface area (Å²) in [5.74, 6) is 0.969. The molecule has 0 aliphatic carbocycles. The van der Waals surface area contributed by atoms with Crippen LogP contribution in [0.2, 0.25) is 0 Å². The summed E-state index contributed by atoms with van der Waals surface area (Å²) in [6.07, 6.45) is 6.51. The lowest BCUT2D eigenvalue weighted by atomic mass is 10.1. The van der Waals surface area contributed by atoms with Gasteiger partial charge in [-0.2, -0.15) is 0 Å². The second kappa shape index (κ2) is 9.66. The van der Waals surface area contributed by atoms with Gasteiger partial charge in [0.1, 0.15) is 29.7 Å². The van der Waals surface area contributed by atoms with Crippen LogP contribution in [-0.4, -0.2) is 29.2 Å². The molecule has 7 heteroatoms. The number of carbonyl (C=O) groups is 1. The number of carbonyl (C=O) groups excluding carboxylic acids is 1. The highest BCUT2D eigenvalue weighted by Crippen LogP contribution is 2.26. The van der Waals surface area contributed by atoms with Crippen LogP contribution < -0.4 is 9.47 Å². The lowest BCUT2D eigenvalue weighted by molar-refractivity contribution is 0.0503. The molecule has 0 aliphatic heterocycles. The molecular weight excluding hydrogens is 375 g/mol. The molecule has 2 aromatic carbocycles. The molecule has 150 valence electrons. The van der Waals surface area contributed by atoms with E-state index in [4.69, 9.17) is 14.2 Å². The molecule has 0 saturated carbocycles. The van der Waals surface area contributed by atoms with E-state index in [0.717, 1.165) is 5.56 Å². The maximum atomic E-state index is 13.0. The molecule has 0 spiro atoms. The van der Waals surface area contributed by atoms with Crippen molar-refractivity contribution in [1.29, 1.82) is 0 Å². The van der Waals surface area contributed by atoms with E-state index in [0.29, 0.717) is 22.9 Å². The molecule has 0 aliphatic rings. The van der Waals surface area contributed by atoms with Crippen LogP contribution in [0, 0.1) is 5.82 Å². The summed E-state index contributed by atoms with van der Waals surface area (Å²) in [7, 11) is 3.34. The summed E-state index contributed by atoms with van der Waals surface area (Å²) in [5, 5.41) is 0. The molecule has 3 rings (SSSR count). The van der Waals surface area contributed by atoms with Crippen LogP contribution in [-0.2, 0) is 18.4 Å². The Morgan fingerprint density at radius 2 is 1.97 bits per heavy atom. The molecule has 0 radical (unpaired) electrons. The molecule has 0 atom stereocenters. The lowest BCUT2D eigenvalue weighted by Gasteiger charge is -2.12. The Hall–Kier alpha value is -3.45. The zero-order chi connectivity index (χ0) is 20.6. The molecule has 6 nitrogen and oxygen atoms in total. The molecule has 29 heavy (non-hydrogen) atoms. The quantitative estimate of drug-likeness (QED) is 0.311. The van der Waals surface area contributed by atoms with E-state index >= 15 is 0 Å². The van der Waals surface area contributed by atoms with Gasteiger partial charge in [-0.1, -0.05) is 12.1 Å². The van der Waals surface area contributed by atoms with Gasteiger partial charge in [0.05, 0.1) is 5.56 Å². The number of nitrogens with zero attached hydrogens (tertiary/aromatic N) is 2. The van der Waals surface area contributed by atoms with Crippen molar-refractivity contribution in [3.8, 4) is 11.5 Å². The minimum absolute atomic E-state index is 0.0130. The number of hydrogen-bond acceptors (Lipinski definition) is 5. The minimum Gasteiger partial charge on any atom is -0.489 e. The second-order valence-corrected chi connectivity index (χ2v) is 6.22. The van der Waals surface area contributed by atoms with Crippen molar-refractivity contribution >= 4 is 11.9 Å². The first-order valence-electron chi connectivity index (χ1n) is 8.89. The van der Waals surface area contributed by atoms with Gasteiger partial charge in [0, 0.05) is 26.6 Å². The van der Waals surface area contributed by atoms with Gasteiger partial charge in [0.15, 0.2) is 12.6 Å². The zero-order valence-electron chi connectivity index (χ0n) is 16.2. The van der Waals surface area contributed by atoms with Gasteiger partial charge in [-0.25, -0.2) is 9.37 Å². The number of aromatic nitrogens is 2. The lowest BCUT2D eigenvalue weighted by Crippen LogP contribution is -2.06. The van der Waals surface area contributed by atoms with Crippen LogP contribution >= 0.6 is 0 Å². The molecule has 0 unspecified atom stereocenters. The Kier molecular flexibility index (Phi) is 6.76. The largest absolute Gasteiger partial charge is 0.489 e. The minimum atomic E-state index is -0.305. The van der Waals surface area contributed by atoms with Crippen molar-refractivity contribution in [2.24, 2.45) is 7.05 Å². The van der Waals surface area contributed by atoms with Gasteiger partial charge in [-0.15, -0.1) is 0 Å². The van der Waals surface area contributed by atoms with E-state index in [9.17, 15) is 9.18 Å². The number of imidazole rings is 1. The highest BCUT2D eigenvalue weighted by atomic mass is 19.1. The predicted octanol–water partition coefficient (Wildman–Crippen LogP) is 4.02. The summed E-state index contributed by atoms with van der Waals surface area (Å²) in [6, 6.07) is 11.0. The average molecular weight is 396 g/mol. The average Bonchev–Trinajstić information content (AvgIpc) is 3.15. The number of hydrogen-bond donors (Lipinski definition) is 0. The highest BCUT2D eigenvalue weighted by Gasteiger charge is 2.13. The Morgan fingerprint density at radius 1 is 1.17 bits per heavy atom. The first-order chi connectivity index (χ1) is 14.1. The molecule has 0 bridgehead atoms. The fraction of sp³-hybridized carbons (Fsp3) is 0.182. The van der Waals surface area contributed by atoms with Crippen molar-refractivity contribution in [2.75, 3.05) is 13.9 Å². The third kappa shape index (κ3) is 5.52. The number of aryl methyl sites for hydroxylation is 1. The number of ether oxygens (including phenoxy) is 3. The molecular formula is C22H21FN2O4. The maximum Gasteiger partial charge on any atom is 0.189 e. The van der Waals surface area contributed by atoms with Crippen molar-refractivity contribution in [1.82, 2.24) is 9.55 Å². The van der Waals surface area contributed by atoms with Crippen LogP contribution in [0.3, 0.4) is 0 Å². The maximum absolute atomic E-state index is 13.0. The number of methoxy groups -OCH3 is 1. The van der Waals surface area contributed by atoms with Crippen LogP contribution in [0.1, 0.15) is 21.7 Å². The van der Waals surface area contributed by atoms with E-state index in [1.54, 1.807) is 53.4 Å². The van der Waals surface area contributed by atoms with E-state index < -0.39 is 0 Å². The SMILES string of the molecule is COCOc1ccc(OCc2ccc(F)cc2)cc1C(=O)C=Cc1nccn1C. The van der Waals surface area contributed by atoms with Crippen molar-refractivity contribution in [2.45, 2.75) is 6.61 Å². The summed E-state index contributed by atoms with van der Waals surface area (Å²) < 4.78 is 31.0. The molecule has 1 heterocycles. The number of halogens is 1. The van der Waals surface area contributed by atoms with Crippen molar-refractivity contribution < 1.29 is 23.4 Å². The highest BCUT2D eigenvalue weighted by molar-refractivity contribution is 6.08. The number of allylic oxidation sites excluding steroid dienone is 1. The smallest absolute Gasteiger partial charge is 0.189 e. The molecule has 1 aromatic heterocycles. The molecule has 0 fully saturated rings. The molecule has 0 amide bonds. The zero-order valence-corrected chi connectivity index (χ0v) is 16.2. The fourth-order valence-electron chi connectivity index (χ4n) is 2.56.